The summed E-state index contributed by atoms with van der Waals surface area (Å²) in [4.78, 5) is 12.4. The molecule has 1 fully saturated rings. The van der Waals surface area contributed by atoms with Gasteiger partial charge in [-0.3, -0.25) is 4.84 Å². The molecule has 3 aromatic heterocycles. The van der Waals surface area contributed by atoms with Gasteiger partial charge in [0.25, 0.3) is 0 Å². The van der Waals surface area contributed by atoms with Crippen molar-refractivity contribution in [3.8, 4) is 0 Å². The van der Waals surface area contributed by atoms with Gasteiger partial charge in [-0.25, -0.2) is 4.98 Å². The average molecular weight is 462 g/mol. The fourth-order valence-electron chi connectivity index (χ4n) is 3.86. The van der Waals surface area contributed by atoms with Crippen LogP contribution >= 0.6 is 15.9 Å². The standard InChI is InChI=1S/C20H26BrN6O2/c1-29-25-8-4-5-15(14-25)12-22-18-11-19(24-20-17(21)13-23-27(18)20)26-9-3-2-6-16(26)7-10-28/h4-5,8,11,13-14,16,22,28H,2-3,6-7,9-10,12H2,1H3/q+1. The topological polar surface area (TPSA) is 78.8 Å². The highest BCUT2D eigenvalue weighted by atomic mass is 79.9. The van der Waals surface area contributed by atoms with E-state index in [2.05, 4.69) is 37.3 Å². The van der Waals surface area contributed by atoms with Crippen LogP contribution in [0.4, 0.5) is 11.6 Å². The van der Waals surface area contributed by atoms with E-state index in [0.29, 0.717) is 12.6 Å². The molecule has 1 aliphatic rings. The SMILES string of the molecule is CO[n+]1cccc(CNc2cc(N3CCCCC3CCO)nc3c(Br)cnn23)c1. The number of aliphatic hydroxyl groups excluding tert-OH is 1. The summed E-state index contributed by atoms with van der Waals surface area (Å²) in [6.45, 7) is 1.77. The number of hydrogen-bond donors (Lipinski definition) is 2. The second kappa shape index (κ2) is 8.96. The normalized spacial score (nSPS) is 16.9. The van der Waals surface area contributed by atoms with Crippen molar-refractivity contribution in [1.82, 2.24) is 14.6 Å². The van der Waals surface area contributed by atoms with Crippen LogP contribution in [-0.4, -0.2) is 46.0 Å². The molecule has 0 spiro atoms. The molecule has 9 heteroatoms. The molecular weight excluding hydrogens is 436 g/mol. The molecule has 1 aliphatic heterocycles. The molecule has 1 saturated heterocycles. The fourth-order valence-corrected chi connectivity index (χ4v) is 4.21. The molecule has 0 aromatic carbocycles. The Hall–Kier alpha value is -2.39. The van der Waals surface area contributed by atoms with Crippen LogP contribution in [0.15, 0.2) is 41.3 Å². The van der Waals surface area contributed by atoms with Crippen molar-refractivity contribution in [3.05, 3.63) is 46.8 Å². The van der Waals surface area contributed by atoms with Gasteiger partial charge in [-0.2, -0.15) is 9.61 Å². The third-order valence-corrected chi connectivity index (χ3v) is 5.88. The van der Waals surface area contributed by atoms with Gasteiger partial charge in [0, 0.05) is 48.2 Å². The third-order valence-electron chi connectivity index (χ3n) is 5.32. The second-order valence-corrected chi connectivity index (χ2v) is 8.05. The van der Waals surface area contributed by atoms with Gasteiger partial charge in [0.05, 0.1) is 10.7 Å². The predicted octanol–water partition coefficient (Wildman–Crippen LogP) is 2.19. The maximum Gasteiger partial charge on any atom is 0.227 e. The van der Waals surface area contributed by atoms with Gasteiger partial charge in [0.1, 0.15) is 18.7 Å². The summed E-state index contributed by atoms with van der Waals surface area (Å²) < 4.78 is 4.34. The Morgan fingerprint density at radius 1 is 1.41 bits per heavy atom. The first-order chi connectivity index (χ1) is 14.2. The van der Waals surface area contributed by atoms with E-state index in [0.717, 1.165) is 53.1 Å². The molecule has 3 aromatic rings. The molecule has 4 heterocycles. The Bertz CT molecular complexity index is 977. The smallest absolute Gasteiger partial charge is 0.227 e. The van der Waals surface area contributed by atoms with E-state index in [4.69, 9.17) is 9.82 Å². The molecule has 0 amide bonds. The molecule has 154 valence electrons. The Kier molecular flexibility index (Phi) is 6.15. The second-order valence-electron chi connectivity index (χ2n) is 7.19. The summed E-state index contributed by atoms with van der Waals surface area (Å²) >= 11 is 3.57. The highest BCUT2D eigenvalue weighted by Gasteiger charge is 2.24. The van der Waals surface area contributed by atoms with Crippen LogP contribution in [-0.2, 0) is 6.54 Å². The van der Waals surface area contributed by atoms with Crippen molar-refractivity contribution >= 4 is 33.2 Å². The minimum absolute atomic E-state index is 0.193. The lowest BCUT2D eigenvalue weighted by Crippen LogP contribution is -2.40. The lowest BCUT2D eigenvalue weighted by Gasteiger charge is -2.36. The largest absolute Gasteiger partial charge is 0.396 e. The number of aliphatic hydroxyl groups is 1. The van der Waals surface area contributed by atoms with Gasteiger partial charge in [0.15, 0.2) is 5.65 Å². The molecule has 8 nitrogen and oxygen atoms in total. The summed E-state index contributed by atoms with van der Waals surface area (Å²) in [7, 11) is 1.64. The Morgan fingerprint density at radius 3 is 3.14 bits per heavy atom. The Labute approximate surface area is 178 Å². The monoisotopic (exact) mass is 461 g/mol. The summed E-state index contributed by atoms with van der Waals surface area (Å²) in [5.41, 5.74) is 1.86. The van der Waals surface area contributed by atoms with Gasteiger partial charge in [-0.05, 0) is 47.7 Å². The predicted molar refractivity (Wildman–Crippen MR) is 114 cm³/mol. The number of aromatic nitrogens is 4. The van der Waals surface area contributed by atoms with E-state index in [1.165, 1.54) is 6.42 Å². The molecule has 1 atom stereocenters. The maximum atomic E-state index is 9.48. The molecule has 0 saturated carbocycles. The van der Waals surface area contributed by atoms with Crippen LogP contribution in [0.1, 0.15) is 31.2 Å². The van der Waals surface area contributed by atoms with Crippen molar-refractivity contribution in [2.24, 2.45) is 0 Å². The van der Waals surface area contributed by atoms with Crippen LogP contribution in [0.2, 0.25) is 0 Å². The summed E-state index contributed by atoms with van der Waals surface area (Å²) in [5.74, 6) is 1.79. The van der Waals surface area contributed by atoms with E-state index < -0.39 is 0 Å². The lowest BCUT2D eigenvalue weighted by molar-refractivity contribution is -0.885. The first-order valence-corrected chi connectivity index (χ1v) is 10.7. The van der Waals surface area contributed by atoms with Gasteiger partial charge < -0.3 is 15.3 Å². The summed E-state index contributed by atoms with van der Waals surface area (Å²) in [6, 6.07) is 6.36. The van der Waals surface area contributed by atoms with Crippen LogP contribution in [0, 0.1) is 0 Å². The maximum absolute atomic E-state index is 9.48. The van der Waals surface area contributed by atoms with E-state index in [-0.39, 0.29) is 6.61 Å². The van der Waals surface area contributed by atoms with Gasteiger partial charge in [-0.15, -0.1) is 0 Å². The molecule has 1 unspecified atom stereocenters. The van der Waals surface area contributed by atoms with Gasteiger partial charge >= 0.3 is 0 Å². The Balaban J connectivity index is 1.65. The van der Waals surface area contributed by atoms with Crippen molar-refractivity contribution < 1.29 is 14.7 Å². The number of fused-ring (bicyclic) bond motifs is 1. The number of piperidine rings is 1. The zero-order valence-corrected chi connectivity index (χ0v) is 18.0. The number of rotatable bonds is 7. The first-order valence-electron chi connectivity index (χ1n) is 9.90. The van der Waals surface area contributed by atoms with Gasteiger partial charge in [-0.1, -0.05) is 0 Å². The van der Waals surface area contributed by atoms with E-state index >= 15 is 0 Å². The lowest BCUT2D eigenvalue weighted by atomic mass is 9.99. The number of anilines is 2. The van der Waals surface area contributed by atoms with E-state index in [1.807, 2.05) is 29.0 Å². The first kappa shape index (κ1) is 19.9. The molecule has 0 aliphatic carbocycles. The van der Waals surface area contributed by atoms with Crippen LogP contribution in [0.3, 0.4) is 0 Å². The van der Waals surface area contributed by atoms with Gasteiger partial charge in [0.2, 0.25) is 12.4 Å². The number of halogens is 1. The summed E-state index contributed by atoms with van der Waals surface area (Å²) in [5, 5.41) is 17.4. The molecule has 4 rings (SSSR count). The zero-order valence-electron chi connectivity index (χ0n) is 16.5. The van der Waals surface area contributed by atoms with Crippen LogP contribution < -0.4 is 19.8 Å². The minimum Gasteiger partial charge on any atom is -0.396 e. The summed E-state index contributed by atoms with van der Waals surface area (Å²) in [6.07, 6.45) is 9.73. The molecule has 2 N–H and O–H groups in total. The third kappa shape index (κ3) is 4.30. The van der Waals surface area contributed by atoms with Crippen molar-refractivity contribution in [2.75, 3.05) is 30.5 Å². The minimum atomic E-state index is 0.193. The number of nitrogens with zero attached hydrogens (tertiary/aromatic N) is 5. The molecule has 29 heavy (non-hydrogen) atoms. The van der Waals surface area contributed by atoms with Crippen molar-refractivity contribution in [2.45, 2.75) is 38.3 Å². The van der Waals surface area contributed by atoms with E-state index in [1.54, 1.807) is 18.0 Å². The zero-order chi connectivity index (χ0) is 20.2. The van der Waals surface area contributed by atoms with E-state index in [9.17, 15) is 5.11 Å². The Morgan fingerprint density at radius 2 is 2.31 bits per heavy atom. The highest BCUT2D eigenvalue weighted by molar-refractivity contribution is 9.10. The number of hydrogen-bond acceptors (Lipinski definition) is 6. The fraction of sp³-hybridized carbons (Fsp3) is 0.450. The average Bonchev–Trinajstić information content (AvgIpc) is 3.14. The quantitative estimate of drug-likeness (QED) is 0.525. The number of nitrogens with one attached hydrogen (secondary N) is 1. The highest BCUT2D eigenvalue weighted by Crippen LogP contribution is 2.29. The molecular formula is C20H26BrN6O2+. The van der Waals surface area contributed by atoms with Crippen molar-refractivity contribution in [3.63, 3.8) is 0 Å². The van der Waals surface area contributed by atoms with Crippen LogP contribution in [0.25, 0.3) is 5.65 Å². The van der Waals surface area contributed by atoms with Crippen LogP contribution in [0.5, 0.6) is 0 Å². The van der Waals surface area contributed by atoms with Crippen molar-refractivity contribution in [1.29, 1.82) is 0 Å². The molecule has 0 bridgehead atoms. The molecule has 0 radical (unpaired) electrons. The number of pyridine rings is 1.